The minimum atomic E-state index is -0.318. The van der Waals surface area contributed by atoms with E-state index in [0.29, 0.717) is 23.1 Å². The molecule has 3 aromatic rings. The Morgan fingerprint density at radius 3 is 2.38 bits per heavy atom. The first-order chi connectivity index (χ1) is 14.0. The van der Waals surface area contributed by atoms with Crippen molar-refractivity contribution in [2.45, 2.75) is 24.7 Å². The summed E-state index contributed by atoms with van der Waals surface area (Å²) >= 11 is 1.31. The Morgan fingerprint density at radius 2 is 1.69 bits per heavy atom. The number of aromatic nitrogens is 3. The van der Waals surface area contributed by atoms with Crippen molar-refractivity contribution < 1.29 is 9.59 Å². The molecule has 2 N–H and O–H groups in total. The summed E-state index contributed by atoms with van der Waals surface area (Å²) < 4.78 is 1.80. The molecular formula is C21H23N5O2S. The van der Waals surface area contributed by atoms with Crippen molar-refractivity contribution in [1.82, 2.24) is 25.4 Å². The molecule has 8 heteroatoms. The van der Waals surface area contributed by atoms with Gasteiger partial charge in [0.25, 0.3) is 5.91 Å². The van der Waals surface area contributed by atoms with E-state index in [4.69, 9.17) is 0 Å². The lowest BCUT2D eigenvalue weighted by atomic mass is 10.2. The number of amides is 2. The first-order valence-electron chi connectivity index (χ1n) is 9.23. The molecule has 0 spiro atoms. The summed E-state index contributed by atoms with van der Waals surface area (Å²) in [4.78, 5) is 24.4. The third-order valence-corrected chi connectivity index (χ3v) is 5.32. The van der Waals surface area contributed by atoms with Crippen LogP contribution in [-0.2, 0) is 18.4 Å². The molecule has 0 unspecified atom stereocenters. The van der Waals surface area contributed by atoms with Crippen LogP contribution in [0.5, 0.6) is 0 Å². The smallest absolute Gasteiger partial charge is 0.251 e. The van der Waals surface area contributed by atoms with Gasteiger partial charge in [0.15, 0.2) is 11.0 Å². The zero-order valence-electron chi connectivity index (χ0n) is 16.3. The molecule has 7 nitrogen and oxygen atoms in total. The molecule has 0 bridgehead atoms. The van der Waals surface area contributed by atoms with E-state index in [9.17, 15) is 9.59 Å². The molecule has 2 amide bonds. The average Bonchev–Trinajstić information content (AvgIpc) is 3.12. The summed E-state index contributed by atoms with van der Waals surface area (Å²) in [6.45, 7) is 2.35. The standard InChI is InChI=1S/C21H23N5O2S/c1-15(23-20(28)17-11-7-4-8-12-17)19-24-25-21(26(19)2)29-14-18(27)22-13-16-9-5-3-6-10-16/h3-12,15H,13-14H2,1-2H3,(H,22,27)(H,23,28)/t15-/m0/s1. The Bertz CT molecular complexity index is 960. The van der Waals surface area contributed by atoms with Crippen molar-refractivity contribution in [3.05, 3.63) is 77.6 Å². The van der Waals surface area contributed by atoms with Gasteiger partial charge in [-0.1, -0.05) is 60.3 Å². The number of benzene rings is 2. The highest BCUT2D eigenvalue weighted by Gasteiger charge is 2.18. The first kappa shape index (κ1) is 20.6. The van der Waals surface area contributed by atoms with Crippen LogP contribution < -0.4 is 10.6 Å². The van der Waals surface area contributed by atoms with Crippen molar-refractivity contribution in [1.29, 1.82) is 0 Å². The summed E-state index contributed by atoms with van der Waals surface area (Å²) in [6, 6.07) is 18.5. The lowest BCUT2D eigenvalue weighted by Crippen LogP contribution is -2.28. The number of nitrogens with one attached hydrogen (secondary N) is 2. The fourth-order valence-corrected chi connectivity index (χ4v) is 3.49. The predicted molar refractivity (Wildman–Crippen MR) is 112 cm³/mol. The van der Waals surface area contributed by atoms with E-state index in [1.54, 1.807) is 16.7 Å². The van der Waals surface area contributed by atoms with E-state index in [2.05, 4.69) is 20.8 Å². The largest absolute Gasteiger partial charge is 0.351 e. The summed E-state index contributed by atoms with van der Waals surface area (Å²) in [6.07, 6.45) is 0. The normalized spacial score (nSPS) is 11.7. The first-order valence-corrected chi connectivity index (χ1v) is 10.2. The van der Waals surface area contributed by atoms with Crippen LogP contribution in [0.2, 0.25) is 0 Å². The van der Waals surface area contributed by atoms with Crippen LogP contribution in [-0.4, -0.2) is 32.3 Å². The van der Waals surface area contributed by atoms with Crippen LogP contribution in [0.15, 0.2) is 65.8 Å². The van der Waals surface area contributed by atoms with E-state index in [0.717, 1.165) is 5.56 Å². The summed E-state index contributed by atoms with van der Waals surface area (Å²) in [5.41, 5.74) is 1.64. The molecule has 29 heavy (non-hydrogen) atoms. The summed E-state index contributed by atoms with van der Waals surface area (Å²) in [5, 5.41) is 14.8. The van der Waals surface area contributed by atoms with E-state index in [-0.39, 0.29) is 23.6 Å². The van der Waals surface area contributed by atoms with Gasteiger partial charge in [-0.25, -0.2) is 0 Å². The Kier molecular flexibility index (Phi) is 7.02. The second kappa shape index (κ2) is 9.88. The number of rotatable bonds is 8. The van der Waals surface area contributed by atoms with Gasteiger partial charge >= 0.3 is 0 Å². The lowest BCUT2D eigenvalue weighted by Gasteiger charge is -2.13. The topological polar surface area (TPSA) is 88.9 Å². The van der Waals surface area contributed by atoms with Gasteiger partial charge in [0.2, 0.25) is 5.91 Å². The third kappa shape index (κ3) is 5.68. The molecule has 0 aliphatic rings. The zero-order chi connectivity index (χ0) is 20.6. The van der Waals surface area contributed by atoms with E-state index < -0.39 is 0 Å². The SMILES string of the molecule is C[C@H](NC(=O)c1ccccc1)c1nnc(SCC(=O)NCc2ccccc2)n1C. The minimum Gasteiger partial charge on any atom is -0.351 e. The second-order valence-corrected chi connectivity index (χ2v) is 7.45. The molecule has 0 radical (unpaired) electrons. The van der Waals surface area contributed by atoms with Gasteiger partial charge < -0.3 is 15.2 Å². The van der Waals surface area contributed by atoms with Gasteiger partial charge in [-0.3, -0.25) is 9.59 Å². The highest BCUT2D eigenvalue weighted by molar-refractivity contribution is 7.99. The monoisotopic (exact) mass is 409 g/mol. The van der Waals surface area contributed by atoms with E-state index in [1.165, 1.54) is 11.8 Å². The fourth-order valence-electron chi connectivity index (χ4n) is 2.74. The number of carbonyl (C=O) groups is 2. The van der Waals surface area contributed by atoms with Crippen LogP contribution in [0.3, 0.4) is 0 Å². The number of hydrogen-bond donors (Lipinski definition) is 2. The Morgan fingerprint density at radius 1 is 1.03 bits per heavy atom. The molecule has 0 aliphatic carbocycles. The maximum absolute atomic E-state index is 12.3. The Balaban J connectivity index is 1.52. The molecule has 0 fully saturated rings. The Hall–Kier alpha value is -3.13. The Labute approximate surface area is 173 Å². The second-order valence-electron chi connectivity index (χ2n) is 6.51. The van der Waals surface area contributed by atoms with Gasteiger partial charge in [0, 0.05) is 19.2 Å². The lowest BCUT2D eigenvalue weighted by molar-refractivity contribution is -0.118. The molecule has 0 saturated carbocycles. The average molecular weight is 410 g/mol. The van der Waals surface area contributed by atoms with Gasteiger partial charge in [0.1, 0.15) is 0 Å². The predicted octanol–water partition coefficient (Wildman–Crippen LogP) is 2.71. The minimum absolute atomic E-state index is 0.0752. The molecule has 3 rings (SSSR count). The van der Waals surface area contributed by atoms with Gasteiger partial charge in [0.05, 0.1) is 11.8 Å². The summed E-state index contributed by atoms with van der Waals surface area (Å²) in [7, 11) is 1.82. The molecule has 1 atom stereocenters. The van der Waals surface area contributed by atoms with Crippen LogP contribution in [0.1, 0.15) is 34.7 Å². The zero-order valence-corrected chi connectivity index (χ0v) is 17.1. The maximum Gasteiger partial charge on any atom is 0.251 e. The summed E-state index contributed by atoms with van der Waals surface area (Å²) in [5.74, 6) is 0.620. The molecule has 1 aromatic heterocycles. The third-order valence-electron chi connectivity index (χ3n) is 4.30. The van der Waals surface area contributed by atoms with Gasteiger partial charge in [-0.05, 0) is 24.6 Å². The molecule has 0 saturated heterocycles. The molecular weight excluding hydrogens is 386 g/mol. The maximum atomic E-state index is 12.3. The van der Waals surface area contributed by atoms with Crippen LogP contribution in [0, 0.1) is 0 Å². The number of nitrogens with zero attached hydrogens (tertiary/aromatic N) is 3. The quantitative estimate of drug-likeness (QED) is 0.559. The van der Waals surface area contributed by atoms with Crippen LogP contribution in [0.4, 0.5) is 0 Å². The van der Waals surface area contributed by atoms with Crippen molar-refractivity contribution in [3.8, 4) is 0 Å². The molecule has 2 aromatic carbocycles. The number of thioether (sulfide) groups is 1. The van der Waals surface area contributed by atoms with E-state index in [1.807, 2.05) is 62.5 Å². The van der Waals surface area contributed by atoms with Crippen molar-refractivity contribution in [3.63, 3.8) is 0 Å². The van der Waals surface area contributed by atoms with Crippen molar-refractivity contribution >= 4 is 23.6 Å². The van der Waals surface area contributed by atoms with Gasteiger partial charge in [-0.2, -0.15) is 0 Å². The fraction of sp³-hybridized carbons (Fsp3) is 0.238. The molecule has 150 valence electrons. The van der Waals surface area contributed by atoms with Crippen molar-refractivity contribution in [2.24, 2.45) is 7.05 Å². The molecule has 1 heterocycles. The van der Waals surface area contributed by atoms with E-state index >= 15 is 0 Å². The molecule has 0 aliphatic heterocycles. The van der Waals surface area contributed by atoms with Gasteiger partial charge in [-0.15, -0.1) is 10.2 Å². The highest BCUT2D eigenvalue weighted by atomic mass is 32.2. The highest BCUT2D eigenvalue weighted by Crippen LogP contribution is 2.19. The number of carbonyl (C=O) groups excluding carboxylic acids is 2. The van der Waals surface area contributed by atoms with Crippen molar-refractivity contribution in [2.75, 3.05) is 5.75 Å². The van der Waals surface area contributed by atoms with Crippen LogP contribution in [0.25, 0.3) is 0 Å². The number of hydrogen-bond acceptors (Lipinski definition) is 5. The van der Waals surface area contributed by atoms with Crippen LogP contribution >= 0.6 is 11.8 Å².